The van der Waals surface area contributed by atoms with E-state index < -0.39 is 5.97 Å². The van der Waals surface area contributed by atoms with E-state index in [1.54, 1.807) is 11.3 Å². The lowest BCUT2D eigenvalue weighted by atomic mass is 9.96. The van der Waals surface area contributed by atoms with Crippen molar-refractivity contribution in [3.63, 3.8) is 0 Å². The van der Waals surface area contributed by atoms with E-state index in [4.69, 9.17) is 5.11 Å². The number of hydrogen-bond acceptors (Lipinski definition) is 4. The molecule has 0 aliphatic heterocycles. The first kappa shape index (κ1) is 15.8. The maximum atomic E-state index is 10.9. The molecule has 0 bridgehead atoms. The van der Waals surface area contributed by atoms with Crippen LogP contribution in [0.1, 0.15) is 55.0 Å². The Labute approximate surface area is 130 Å². The maximum absolute atomic E-state index is 10.9. The molecule has 5 heteroatoms. The Morgan fingerprint density at radius 1 is 1.38 bits per heavy atom. The van der Waals surface area contributed by atoms with Crippen LogP contribution in [0, 0.1) is 11.3 Å². The predicted molar refractivity (Wildman–Crippen MR) is 85.0 cm³/mol. The van der Waals surface area contributed by atoms with Crippen molar-refractivity contribution in [2.24, 2.45) is 0 Å². The molecule has 1 aromatic heterocycles. The summed E-state index contributed by atoms with van der Waals surface area (Å²) in [4.78, 5) is 14.3. The number of aryl methyl sites for hydroxylation is 1. The molecule has 21 heavy (non-hydrogen) atoms. The molecule has 0 unspecified atom stereocenters. The van der Waals surface area contributed by atoms with Crippen LogP contribution >= 0.6 is 11.3 Å². The second kappa shape index (κ2) is 7.46. The molecule has 0 fully saturated rings. The molecule has 0 aromatic carbocycles. The van der Waals surface area contributed by atoms with Gasteiger partial charge < -0.3 is 10.0 Å². The van der Waals surface area contributed by atoms with Crippen LogP contribution in [-0.4, -0.2) is 24.2 Å². The first-order chi connectivity index (χ1) is 10.2. The molecular formula is C16H22N2O2S. The average Bonchev–Trinajstić information content (AvgIpc) is 2.85. The number of carbonyl (C=O) groups is 1. The van der Waals surface area contributed by atoms with Crippen molar-refractivity contribution in [1.29, 1.82) is 5.26 Å². The molecule has 1 aliphatic rings. The van der Waals surface area contributed by atoms with E-state index in [-0.39, 0.29) is 6.42 Å². The number of aliphatic carboxylic acids is 1. The van der Waals surface area contributed by atoms with Crippen LogP contribution in [0.15, 0.2) is 0 Å². The van der Waals surface area contributed by atoms with Crippen molar-refractivity contribution in [3.8, 4) is 6.07 Å². The van der Waals surface area contributed by atoms with Gasteiger partial charge in [0.15, 0.2) is 0 Å². The zero-order chi connectivity index (χ0) is 15.2. The lowest BCUT2D eigenvalue weighted by Crippen LogP contribution is -2.27. The van der Waals surface area contributed by atoms with Gasteiger partial charge >= 0.3 is 5.97 Å². The fourth-order valence-corrected chi connectivity index (χ4v) is 4.17. The van der Waals surface area contributed by atoms with Gasteiger partial charge in [0.05, 0.1) is 12.0 Å². The largest absolute Gasteiger partial charge is 0.481 e. The van der Waals surface area contributed by atoms with Crippen LogP contribution in [-0.2, 0) is 17.6 Å². The first-order valence-corrected chi connectivity index (χ1v) is 8.50. The minimum absolute atomic E-state index is 0.122. The van der Waals surface area contributed by atoms with E-state index in [0.29, 0.717) is 6.54 Å². The first-order valence-electron chi connectivity index (χ1n) is 7.68. The summed E-state index contributed by atoms with van der Waals surface area (Å²) in [5.41, 5.74) is 2.02. The number of nitriles is 1. The van der Waals surface area contributed by atoms with Crippen LogP contribution in [0.3, 0.4) is 0 Å². The normalized spacial score (nSPS) is 13.5. The highest BCUT2D eigenvalue weighted by Gasteiger charge is 2.24. The van der Waals surface area contributed by atoms with Crippen molar-refractivity contribution >= 4 is 22.3 Å². The highest BCUT2D eigenvalue weighted by Crippen LogP contribution is 2.39. The second-order valence-corrected chi connectivity index (χ2v) is 6.57. The zero-order valence-corrected chi connectivity index (χ0v) is 13.3. The Bertz CT molecular complexity index is 545. The number of unbranched alkanes of at least 4 members (excludes halogenated alkanes) is 1. The number of anilines is 1. The summed E-state index contributed by atoms with van der Waals surface area (Å²) < 4.78 is 0. The molecule has 114 valence electrons. The fraction of sp³-hybridized carbons (Fsp3) is 0.625. The topological polar surface area (TPSA) is 64.3 Å². The summed E-state index contributed by atoms with van der Waals surface area (Å²) in [5, 5.41) is 19.5. The van der Waals surface area contributed by atoms with Gasteiger partial charge in [-0.05, 0) is 37.7 Å². The van der Waals surface area contributed by atoms with Crippen LogP contribution in [0.4, 0.5) is 5.00 Å². The van der Waals surface area contributed by atoms with E-state index in [1.807, 2.05) is 0 Å². The summed E-state index contributed by atoms with van der Waals surface area (Å²) in [7, 11) is 0. The van der Waals surface area contributed by atoms with Crippen LogP contribution < -0.4 is 4.90 Å². The third kappa shape index (κ3) is 3.76. The van der Waals surface area contributed by atoms with E-state index >= 15 is 0 Å². The number of thiophene rings is 1. The fourth-order valence-electron chi connectivity index (χ4n) is 2.78. The van der Waals surface area contributed by atoms with Gasteiger partial charge in [0.25, 0.3) is 0 Å². The number of hydrogen-bond donors (Lipinski definition) is 1. The van der Waals surface area contributed by atoms with Gasteiger partial charge in [-0.1, -0.05) is 13.3 Å². The Morgan fingerprint density at radius 2 is 2.14 bits per heavy atom. The minimum atomic E-state index is -0.781. The van der Waals surface area contributed by atoms with Gasteiger partial charge in [-0.2, -0.15) is 5.26 Å². The van der Waals surface area contributed by atoms with Crippen LogP contribution in [0.25, 0.3) is 0 Å². The molecule has 1 aliphatic carbocycles. The number of rotatable bonds is 7. The molecule has 0 radical (unpaired) electrons. The SMILES string of the molecule is CCCCN(CCC(=O)O)c1sc2c(c1C#N)CCCC2. The maximum Gasteiger partial charge on any atom is 0.305 e. The molecule has 1 heterocycles. The molecule has 0 saturated carbocycles. The summed E-state index contributed by atoms with van der Waals surface area (Å²) in [6, 6.07) is 2.37. The van der Waals surface area contributed by atoms with Gasteiger partial charge in [-0.3, -0.25) is 4.79 Å². The standard InChI is InChI=1S/C16H22N2O2S/c1-2-3-9-18(10-8-15(19)20)16-13(11-17)12-6-4-5-7-14(12)21-16/h2-10H2,1H3,(H,19,20). The molecule has 1 aromatic rings. The summed E-state index contributed by atoms with van der Waals surface area (Å²) >= 11 is 1.71. The number of carboxylic acids is 1. The molecule has 2 rings (SSSR count). The third-order valence-corrected chi connectivity index (χ3v) is 5.28. The molecule has 0 saturated heterocycles. The average molecular weight is 306 g/mol. The summed E-state index contributed by atoms with van der Waals surface area (Å²) in [6.07, 6.45) is 6.62. The number of fused-ring (bicyclic) bond motifs is 1. The molecule has 0 atom stereocenters. The molecular weight excluding hydrogens is 284 g/mol. The molecule has 1 N–H and O–H groups in total. The van der Waals surface area contributed by atoms with Gasteiger partial charge in [0.2, 0.25) is 0 Å². The lowest BCUT2D eigenvalue weighted by molar-refractivity contribution is -0.136. The van der Waals surface area contributed by atoms with Gasteiger partial charge in [0, 0.05) is 18.0 Å². The van der Waals surface area contributed by atoms with Crippen molar-refractivity contribution in [2.45, 2.75) is 51.9 Å². The monoisotopic (exact) mass is 306 g/mol. The van der Waals surface area contributed by atoms with Crippen LogP contribution in [0.2, 0.25) is 0 Å². The van der Waals surface area contributed by atoms with Crippen molar-refractivity contribution in [2.75, 3.05) is 18.0 Å². The summed E-state index contributed by atoms with van der Waals surface area (Å²) in [6.45, 7) is 3.45. The Balaban J connectivity index is 2.27. The van der Waals surface area contributed by atoms with E-state index in [0.717, 1.165) is 49.2 Å². The number of nitrogens with zero attached hydrogens (tertiary/aromatic N) is 2. The Kier molecular flexibility index (Phi) is 5.63. The molecule has 0 spiro atoms. The van der Waals surface area contributed by atoms with Crippen LogP contribution in [0.5, 0.6) is 0 Å². The van der Waals surface area contributed by atoms with Crippen molar-refractivity contribution < 1.29 is 9.90 Å². The quantitative estimate of drug-likeness (QED) is 0.836. The lowest BCUT2D eigenvalue weighted by Gasteiger charge is -2.22. The van der Waals surface area contributed by atoms with Gasteiger partial charge in [-0.15, -0.1) is 11.3 Å². The van der Waals surface area contributed by atoms with E-state index in [9.17, 15) is 10.1 Å². The van der Waals surface area contributed by atoms with Crippen molar-refractivity contribution in [3.05, 3.63) is 16.0 Å². The molecule has 4 nitrogen and oxygen atoms in total. The highest BCUT2D eigenvalue weighted by molar-refractivity contribution is 7.16. The zero-order valence-electron chi connectivity index (χ0n) is 12.5. The smallest absolute Gasteiger partial charge is 0.305 e. The minimum Gasteiger partial charge on any atom is -0.481 e. The van der Waals surface area contributed by atoms with Crippen molar-refractivity contribution in [1.82, 2.24) is 0 Å². The third-order valence-electron chi connectivity index (χ3n) is 3.93. The van der Waals surface area contributed by atoms with Gasteiger partial charge in [-0.25, -0.2) is 0 Å². The second-order valence-electron chi connectivity index (χ2n) is 5.49. The Morgan fingerprint density at radius 3 is 2.81 bits per heavy atom. The highest BCUT2D eigenvalue weighted by atomic mass is 32.1. The Hall–Kier alpha value is -1.54. The number of carboxylic acid groups (broad SMARTS) is 1. The predicted octanol–water partition coefficient (Wildman–Crippen LogP) is 3.58. The van der Waals surface area contributed by atoms with Gasteiger partial charge in [0.1, 0.15) is 11.1 Å². The van der Waals surface area contributed by atoms with E-state index in [1.165, 1.54) is 16.9 Å². The summed E-state index contributed by atoms with van der Waals surface area (Å²) in [5.74, 6) is -0.781. The van der Waals surface area contributed by atoms with E-state index in [2.05, 4.69) is 17.9 Å². The molecule has 0 amide bonds.